The SMILES string of the molecule is Cc1ccc(S(=O)(=O)N2CCN(C(=O)COc3ncnc4sc5c(c34)CCC(C)C5)CC2)c(C)c1. The summed E-state index contributed by atoms with van der Waals surface area (Å²) in [4.78, 5) is 25.9. The molecule has 1 atom stereocenters. The summed E-state index contributed by atoms with van der Waals surface area (Å²) in [6, 6.07) is 5.35. The molecule has 1 aromatic carbocycles. The second kappa shape index (κ2) is 9.48. The standard InChI is InChI=1S/C25H30N4O4S2/c1-16-5-7-21(18(3)12-16)35(31,32)29-10-8-28(9-11-29)22(30)14-33-24-23-19-6-4-17(2)13-20(19)34-25(23)27-15-26-24/h5,7,12,15,17H,4,6,8-11,13-14H2,1-3H3. The van der Waals surface area contributed by atoms with E-state index in [0.29, 0.717) is 29.8 Å². The van der Waals surface area contributed by atoms with Gasteiger partial charge in [0, 0.05) is 31.1 Å². The first kappa shape index (κ1) is 24.1. The highest BCUT2D eigenvalue weighted by atomic mass is 32.2. The van der Waals surface area contributed by atoms with Gasteiger partial charge in [0.05, 0.1) is 10.3 Å². The van der Waals surface area contributed by atoms with Crippen LogP contribution in [0.15, 0.2) is 29.4 Å². The van der Waals surface area contributed by atoms with Crippen molar-refractivity contribution in [1.29, 1.82) is 0 Å². The molecule has 1 aliphatic heterocycles. The third-order valence-corrected chi connectivity index (χ3v) is 10.2. The van der Waals surface area contributed by atoms with Gasteiger partial charge in [0.15, 0.2) is 6.61 Å². The Morgan fingerprint density at radius 1 is 1.17 bits per heavy atom. The van der Waals surface area contributed by atoms with Crippen molar-refractivity contribution in [3.05, 3.63) is 46.1 Å². The van der Waals surface area contributed by atoms with Gasteiger partial charge < -0.3 is 9.64 Å². The van der Waals surface area contributed by atoms with Gasteiger partial charge in [-0.05, 0) is 56.2 Å². The minimum Gasteiger partial charge on any atom is -0.467 e. The number of carbonyl (C=O) groups excluding carboxylic acids is 1. The molecule has 0 N–H and O–H groups in total. The van der Waals surface area contributed by atoms with E-state index < -0.39 is 10.0 Å². The molecule has 1 fully saturated rings. The number of aromatic nitrogens is 2. The van der Waals surface area contributed by atoms with Gasteiger partial charge in [0.1, 0.15) is 11.2 Å². The Hall–Kier alpha value is -2.56. The number of fused-ring (bicyclic) bond motifs is 3. The Morgan fingerprint density at radius 3 is 2.69 bits per heavy atom. The van der Waals surface area contributed by atoms with Crippen LogP contribution >= 0.6 is 11.3 Å². The van der Waals surface area contributed by atoms with Crippen molar-refractivity contribution in [2.75, 3.05) is 32.8 Å². The van der Waals surface area contributed by atoms with E-state index in [4.69, 9.17) is 4.74 Å². The second-order valence-corrected chi connectivity index (χ2v) is 12.5. The fourth-order valence-electron chi connectivity index (χ4n) is 4.98. The lowest BCUT2D eigenvalue weighted by atomic mass is 9.89. The third kappa shape index (κ3) is 4.66. The lowest BCUT2D eigenvalue weighted by molar-refractivity contribution is -0.134. The largest absolute Gasteiger partial charge is 0.467 e. The number of rotatable bonds is 5. The van der Waals surface area contributed by atoms with Crippen LogP contribution in [0.2, 0.25) is 0 Å². The summed E-state index contributed by atoms with van der Waals surface area (Å²) in [6.45, 7) is 7.07. The highest BCUT2D eigenvalue weighted by Gasteiger charge is 2.31. The monoisotopic (exact) mass is 514 g/mol. The molecular formula is C25H30N4O4S2. The number of ether oxygens (including phenoxy) is 1. The zero-order valence-corrected chi connectivity index (χ0v) is 21.9. The molecule has 8 nitrogen and oxygen atoms in total. The van der Waals surface area contributed by atoms with Crippen LogP contribution in [0.5, 0.6) is 5.88 Å². The number of thiophene rings is 1. The van der Waals surface area contributed by atoms with Crippen molar-refractivity contribution in [3.8, 4) is 5.88 Å². The highest BCUT2D eigenvalue weighted by molar-refractivity contribution is 7.89. The van der Waals surface area contributed by atoms with Crippen LogP contribution in [0.4, 0.5) is 0 Å². The summed E-state index contributed by atoms with van der Waals surface area (Å²) >= 11 is 1.69. The Labute approximate surface area is 210 Å². The van der Waals surface area contributed by atoms with Gasteiger partial charge in [-0.15, -0.1) is 11.3 Å². The molecule has 1 saturated heterocycles. The first-order valence-electron chi connectivity index (χ1n) is 12.0. The van der Waals surface area contributed by atoms with Gasteiger partial charge in [0.2, 0.25) is 15.9 Å². The summed E-state index contributed by atoms with van der Waals surface area (Å²) in [5.74, 6) is 0.955. The first-order valence-corrected chi connectivity index (χ1v) is 14.2. The number of amides is 1. The fourth-order valence-corrected chi connectivity index (χ4v) is 7.95. The number of sulfonamides is 1. The Balaban J connectivity index is 1.23. The predicted molar refractivity (Wildman–Crippen MR) is 135 cm³/mol. The zero-order chi connectivity index (χ0) is 24.7. The van der Waals surface area contributed by atoms with E-state index in [1.165, 1.54) is 21.1 Å². The number of hydrogen-bond donors (Lipinski definition) is 0. The van der Waals surface area contributed by atoms with E-state index in [-0.39, 0.29) is 25.6 Å². The molecule has 3 aromatic rings. The number of hydrogen-bond acceptors (Lipinski definition) is 7. The average Bonchev–Trinajstić information content (AvgIpc) is 3.20. The third-order valence-electron chi connectivity index (χ3n) is 6.93. The van der Waals surface area contributed by atoms with Gasteiger partial charge in [0.25, 0.3) is 5.91 Å². The number of piperazine rings is 1. The minimum atomic E-state index is -3.60. The molecule has 1 unspecified atom stereocenters. The van der Waals surface area contributed by atoms with E-state index in [1.807, 2.05) is 26.0 Å². The van der Waals surface area contributed by atoms with Crippen LogP contribution in [-0.4, -0.2) is 66.3 Å². The minimum absolute atomic E-state index is 0.128. The van der Waals surface area contributed by atoms with Gasteiger partial charge in [-0.3, -0.25) is 4.79 Å². The number of benzene rings is 1. The number of aryl methyl sites for hydroxylation is 3. The van der Waals surface area contributed by atoms with E-state index in [2.05, 4.69) is 16.9 Å². The van der Waals surface area contributed by atoms with E-state index in [1.54, 1.807) is 22.3 Å². The smallest absolute Gasteiger partial charge is 0.260 e. The number of carbonyl (C=O) groups is 1. The molecule has 2 aliphatic rings. The van der Waals surface area contributed by atoms with Crippen molar-refractivity contribution in [2.24, 2.45) is 5.92 Å². The highest BCUT2D eigenvalue weighted by Crippen LogP contribution is 2.40. The average molecular weight is 515 g/mol. The Kier molecular flexibility index (Phi) is 6.54. The summed E-state index contributed by atoms with van der Waals surface area (Å²) in [6.07, 6.45) is 4.64. The molecule has 186 valence electrons. The van der Waals surface area contributed by atoms with Crippen LogP contribution in [0.3, 0.4) is 0 Å². The van der Waals surface area contributed by atoms with E-state index in [9.17, 15) is 13.2 Å². The van der Waals surface area contributed by atoms with Crippen molar-refractivity contribution in [1.82, 2.24) is 19.2 Å². The van der Waals surface area contributed by atoms with Gasteiger partial charge >= 0.3 is 0 Å². The first-order chi connectivity index (χ1) is 16.7. The Bertz CT molecular complexity index is 1380. The topological polar surface area (TPSA) is 92.7 Å². The van der Waals surface area contributed by atoms with Crippen molar-refractivity contribution in [3.63, 3.8) is 0 Å². The number of nitrogens with zero attached hydrogens (tertiary/aromatic N) is 4. The molecule has 35 heavy (non-hydrogen) atoms. The molecule has 1 aliphatic carbocycles. The zero-order valence-electron chi connectivity index (χ0n) is 20.3. The van der Waals surface area contributed by atoms with Gasteiger partial charge in [-0.2, -0.15) is 4.31 Å². The van der Waals surface area contributed by atoms with Crippen molar-refractivity contribution in [2.45, 2.75) is 44.9 Å². The van der Waals surface area contributed by atoms with Crippen LogP contribution in [0.1, 0.15) is 34.9 Å². The molecule has 3 heterocycles. The maximum atomic E-state index is 13.1. The molecule has 5 rings (SSSR count). The lowest BCUT2D eigenvalue weighted by Gasteiger charge is -2.34. The lowest BCUT2D eigenvalue weighted by Crippen LogP contribution is -2.51. The molecule has 0 saturated carbocycles. The van der Waals surface area contributed by atoms with E-state index >= 15 is 0 Å². The van der Waals surface area contributed by atoms with Gasteiger partial charge in [-0.1, -0.05) is 24.6 Å². The van der Waals surface area contributed by atoms with Crippen LogP contribution in [0.25, 0.3) is 10.2 Å². The predicted octanol–water partition coefficient (Wildman–Crippen LogP) is 3.34. The maximum absolute atomic E-state index is 13.1. The van der Waals surface area contributed by atoms with Crippen molar-refractivity contribution >= 4 is 37.5 Å². The molecule has 2 aromatic heterocycles. The molecule has 10 heteroatoms. The van der Waals surface area contributed by atoms with Crippen LogP contribution < -0.4 is 4.74 Å². The molecule has 0 bridgehead atoms. The maximum Gasteiger partial charge on any atom is 0.260 e. The summed E-state index contributed by atoms with van der Waals surface area (Å²) in [5, 5.41) is 0.941. The fraction of sp³-hybridized carbons (Fsp3) is 0.480. The normalized spacial score (nSPS) is 19.1. The molecule has 1 amide bonds. The second-order valence-electron chi connectivity index (χ2n) is 9.55. The van der Waals surface area contributed by atoms with Crippen LogP contribution in [0, 0.1) is 19.8 Å². The molecule has 0 spiro atoms. The summed E-state index contributed by atoms with van der Waals surface area (Å²) in [5.41, 5.74) is 3.02. The van der Waals surface area contributed by atoms with Gasteiger partial charge in [-0.25, -0.2) is 18.4 Å². The van der Waals surface area contributed by atoms with E-state index in [0.717, 1.165) is 40.6 Å². The van der Waals surface area contributed by atoms with Crippen molar-refractivity contribution < 1.29 is 17.9 Å². The summed E-state index contributed by atoms with van der Waals surface area (Å²) in [7, 11) is -3.60. The summed E-state index contributed by atoms with van der Waals surface area (Å²) < 4.78 is 33.6. The molecular weight excluding hydrogens is 484 g/mol. The molecule has 0 radical (unpaired) electrons. The quantitative estimate of drug-likeness (QED) is 0.519. The Morgan fingerprint density at radius 2 is 1.94 bits per heavy atom. The van der Waals surface area contributed by atoms with Crippen LogP contribution in [-0.2, 0) is 27.7 Å².